The molecule has 2 heterocycles. The molecule has 166 valence electrons. The first-order valence-electron chi connectivity index (χ1n) is 10.7. The second kappa shape index (κ2) is 8.33. The van der Waals surface area contributed by atoms with Gasteiger partial charge in [-0.05, 0) is 35.2 Å². The van der Waals surface area contributed by atoms with Crippen molar-refractivity contribution in [3.05, 3.63) is 101 Å². The molecule has 3 aromatic carbocycles. The van der Waals surface area contributed by atoms with E-state index in [2.05, 4.69) is 10.4 Å². The molecule has 0 bridgehead atoms. The predicted octanol–water partition coefficient (Wildman–Crippen LogP) is 4.46. The van der Waals surface area contributed by atoms with E-state index in [1.807, 2.05) is 85.8 Å². The minimum atomic E-state index is -3.25. The molecule has 5 rings (SSSR count). The van der Waals surface area contributed by atoms with Crippen molar-refractivity contribution >= 4 is 21.6 Å². The van der Waals surface area contributed by atoms with Gasteiger partial charge in [-0.25, -0.2) is 13.1 Å². The highest BCUT2D eigenvalue weighted by atomic mass is 32.2. The second-order valence-corrected chi connectivity index (χ2v) is 10.4. The lowest BCUT2D eigenvalue weighted by Gasteiger charge is -2.13. The van der Waals surface area contributed by atoms with Crippen molar-refractivity contribution in [2.45, 2.75) is 24.9 Å². The van der Waals surface area contributed by atoms with Crippen LogP contribution in [0.25, 0.3) is 16.8 Å². The third-order valence-electron chi connectivity index (χ3n) is 5.81. The van der Waals surface area contributed by atoms with E-state index in [9.17, 15) is 13.2 Å². The molecule has 0 atom stereocenters. The van der Waals surface area contributed by atoms with Gasteiger partial charge < -0.3 is 5.32 Å². The number of hydrogen-bond acceptors (Lipinski definition) is 4. The molecule has 1 aliphatic rings. The van der Waals surface area contributed by atoms with E-state index in [0.29, 0.717) is 17.1 Å². The van der Waals surface area contributed by atoms with E-state index in [-0.39, 0.29) is 23.8 Å². The number of hydrogen-bond donors (Lipinski definition) is 1. The fraction of sp³-hybridized carbons (Fsp3) is 0.154. The van der Waals surface area contributed by atoms with E-state index in [1.165, 1.54) is 0 Å². The van der Waals surface area contributed by atoms with Gasteiger partial charge in [-0.15, -0.1) is 0 Å². The Labute approximate surface area is 192 Å². The van der Waals surface area contributed by atoms with Crippen molar-refractivity contribution in [2.75, 3.05) is 5.32 Å². The number of para-hydroxylation sites is 1. The Morgan fingerprint density at radius 3 is 2.30 bits per heavy atom. The minimum absolute atomic E-state index is 0.106. The van der Waals surface area contributed by atoms with Gasteiger partial charge in [-0.2, -0.15) is 5.10 Å². The van der Waals surface area contributed by atoms with Crippen LogP contribution in [0.15, 0.2) is 78.9 Å². The van der Waals surface area contributed by atoms with Gasteiger partial charge in [0, 0.05) is 5.56 Å². The molecule has 1 aliphatic heterocycles. The van der Waals surface area contributed by atoms with E-state index in [4.69, 9.17) is 0 Å². The van der Waals surface area contributed by atoms with Crippen LogP contribution in [0.3, 0.4) is 0 Å². The molecule has 1 N–H and O–H groups in total. The molecular weight excluding hydrogens is 434 g/mol. The van der Waals surface area contributed by atoms with Crippen LogP contribution in [0.5, 0.6) is 0 Å². The highest BCUT2D eigenvalue weighted by Gasteiger charge is 2.33. The van der Waals surface area contributed by atoms with Gasteiger partial charge >= 0.3 is 0 Å². The minimum Gasteiger partial charge on any atom is -0.310 e. The summed E-state index contributed by atoms with van der Waals surface area (Å²) in [5.74, 6) is -0.00347. The highest BCUT2D eigenvalue weighted by molar-refractivity contribution is 7.90. The van der Waals surface area contributed by atoms with Crippen LogP contribution in [0.2, 0.25) is 0 Å². The van der Waals surface area contributed by atoms with Gasteiger partial charge in [0.1, 0.15) is 5.82 Å². The maximum absolute atomic E-state index is 13.0. The second-order valence-electron chi connectivity index (χ2n) is 8.29. The van der Waals surface area contributed by atoms with Crippen molar-refractivity contribution in [2.24, 2.45) is 0 Å². The number of aryl methyl sites for hydroxylation is 1. The van der Waals surface area contributed by atoms with E-state index >= 15 is 0 Å². The van der Waals surface area contributed by atoms with Crippen LogP contribution in [0, 0.1) is 6.92 Å². The maximum Gasteiger partial charge on any atom is 0.229 e. The summed E-state index contributed by atoms with van der Waals surface area (Å²) in [7, 11) is -3.25. The zero-order valence-corrected chi connectivity index (χ0v) is 19.0. The first-order valence-corrected chi connectivity index (χ1v) is 12.5. The Morgan fingerprint density at radius 2 is 1.58 bits per heavy atom. The molecule has 4 aromatic rings. The Hall–Kier alpha value is -3.71. The summed E-state index contributed by atoms with van der Waals surface area (Å²) in [6.07, 6.45) is 0.176. The summed E-state index contributed by atoms with van der Waals surface area (Å²) in [5, 5.41) is 7.49. The maximum atomic E-state index is 13.0. The fourth-order valence-electron chi connectivity index (χ4n) is 4.15. The molecule has 0 radical (unpaired) electrons. The zero-order chi connectivity index (χ0) is 23.0. The van der Waals surface area contributed by atoms with Gasteiger partial charge in [0.15, 0.2) is 9.84 Å². The normalized spacial score (nSPS) is 14.1. The van der Waals surface area contributed by atoms with Crippen LogP contribution in [-0.2, 0) is 32.6 Å². The lowest BCUT2D eigenvalue weighted by Crippen LogP contribution is -2.19. The number of carbonyl (C=O) groups excluding carboxylic acids is 1. The molecular formula is C26H23N3O3S. The van der Waals surface area contributed by atoms with Gasteiger partial charge in [0.2, 0.25) is 5.91 Å². The average Bonchev–Trinajstić information content (AvgIpc) is 3.27. The first kappa shape index (κ1) is 21.2. The summed E-state index contributed by atoms with van der Waals surface area (Å²) in [4.78, 5) is 13.0. The SMILES string of the molecule is Cc1ccccc1-n1nc2c(c1NC(=O)Cc1ccc(-c3ccccc3)cc1)CS(=O)(=O)C2. The Bertz CT molecular complexity index is 1440. The average molecular weight is 458 g/mol. The number of benzene rings is 3. The Balaban J connectivity index is 1.41. The Morgan fingerprint density at radius 1 is 0.909 bits per heavy atom. The topological polar surface area (TPSA) is 81.1 Å². The van der Waals surface area contributed by atoms with E-state index in [0.717, 1.165) is 27.9 Å². The molecule has 7 heteroatoms. The van der Waals surface area contributed by atoms with Crippen molar-refractivity contribution in [1.82, 2.24) is 9.78 Å². The summed E-state index contributed by atoms with van der Waals surface area (Å²) < 4.78 is 26.0. The van der Waals surface area contributed by atoms with Gasteiger partial charge in [0.25, 0.3) is 0 Å². The molecule has 6 nitrogen and oxygen atoms in total. The quantitative estimate of drug-likeness (QED) is 0.480. The number of nitrogens with zero attached hydrogens (tertiary/aromatic N) is 2. The van der Waals surface area contributed by atoms with E-state index in [1.54, 1.807) is 4.68 Å². The molecule has 0 saturated carbocycles. The number of anilines is 1. The lowest BCUT2D eigenvalue weighted by molar-refractivity contribution is -0.115. The van der Waals surface area contributed by atoms with Gasteiger partial charge in [0.05, 0.1) is 29.3 Å². The Kier molecular flexibility index (Phi) is 5.34. The molecule has 1 amide bonds. The number of amides is 1. The zero-order valence-electron chi connectivity index (χ0n) is 18.2. The molecule has 33 heavy (non-hydrogen) atoms. The number of nitrogens with one attached hydrogen (secondary N) is 1. The smallest absolute Gasteiger partial charge is 0.229 e. The molecule has 0 spiro atoms. The standard InChI is InChI=1S/C26H23N3O3S/c1-18-7-5-6-10-24(18)29-26(22-16-33(31,32)17-23(22)28-29)27-25(30)15-19-11-13-21(14-12-19)20-8-3-2-4-9-20/h2-14H,15-17H2,1H3,(H,27,30). The van der Waals surface area contributed by atoms with Gasteiger partial charge in [-0.1, -0.05) is 72.8 Å². The number of aromatic nitrogens is 2. The van der Waals surface area contributed by atoms with Gasteiger partial charge in [-0.3, -0.25) is 4.79 Å². The van der Waals surface area contributed by atoms with Crippen molar-refractivity contribution in [3.63, 3.8) is 0 Å². The van der Waals surface area contributed by atoms with Crippen LogP contribution >= 0.6 is 0 Å². The lowest BCUT2D eigenvalue weighted by atomic mass is 10.0. The van der Waals surface area contributed by atoms with Crippen LogP contribution < -0.4 is 5.32 Å². The monoisotopic (exact) mass is 457 g/mol. The number of sulfone groups is 1. The van der Waals surface area contributed by atoms with Crippen LogP contribution in [0.1, 0.15) is 22.4 Å². The summed E-state index contributed by atoms with van der Waals surface area (Å²) in [5.41, 5.74) is 5.94. The number of carbonyl (C=O) groups is 1. The summed E-state index contributed by atoms with van der Waals surface area (Å²) in [6.45, 7) is 1.96. The van der Waals surface area contributed by atoms with Crippen molar-refractivity contribution in [1.29, 1.82) is 0 Å². The molecule has 0 fully saturated rings. The molecule has 0 aliphatic carbocycles. The number of fused-ring (bicyclic) bond motifs is 1. The largest absolute Gasteiger partial charge is 0.310 e. The fourth-order valence-corrected chi connectivity index (χ4v) is 5.65. The van der Waals surface area contributed by atoms with Crippen LogP contribution in [-0.4, -0.2) is 24.1 Å². The highest BCUT2D eigenvalue weighted by Crippen LogP contribution is 2.33. The summed E-state index contributed by atoms with van der Waals surface area (Å²) >= 11 is 0. The molecule has 1 aromatic heterocycles. The molecule has 0 unspecified atom stereocenters. The third-order valence-corrected chi connectivity index (χ3v) is 7.26. The predicted molar refractivity (Wildman–Crippen MR) is 129 cm³/mol. The number of rotatable bonds is 5. The summed E-state index contributed by atoms with van der Waals surface area (Å²) in [6, 6.07) is 25.6. The van der Waals surface area contributed by atoms with Crippen molar-refractivity contribution in [3.8, 4) is 16.8 Å². The molecule has 0 saturated heterocycles. The van der Waals surface area contributed by atoms with E-state index < -0.39 is 9.84 Å². The van der Waals surface area contributed by atoms with Crippen molar-refractivity contribution < 1.29 is 13.2 Å². The van der Waals surface area contributed by atoms with Crippen LogP contribution in [0.4, 0.5) is 5.82 Å². The first-order chi connectivity index (χ1) is 15.9. The third kappa shape index (κ3) is 4.32.